The van der Waals surface area contributed by atoms with Gasteiger partial charge in [0, 0.05) is 28.2 Å². The van der Waals surface area contributed by atoms with E-state index in [-0.39, 0.29) is 5.41 Å². The standard InChI is InChI=1S/C45H36N2/c1-45(2)41-20-12-13-21-43(41)47(38-18-10-5-11-19-38)44-31-26-36(32-42(44)45)35-24-29-40(30-25-35)46(37-16-8-4-9-17-37)39-27-22-34(23-28-39)33-14-6-3-7-15-33/h3-32H,1-2H3. The van der Waals surface area contributed by atoms with Crippen LogP contribution in [0, 0.1) is 0 Å². The normalized spacial score (nSPS) is 13.0. The Labute approximate surface area is 277 Å². The molecule has 0 saturated carbocycles. The maximum absolute atomic E-state index is 2.41. The molecule has 1 aliphatic rings. The predicted octanol–water partition coefficient (Wildman–Crippen LogP) is 12.6. The van der Waals surface area contributed by atoms with Crippen molar-refractivity contribution >= 4 is 34.1 Å². The number of fused-ring (bicyclic) bond motifs is 2. The molecular weight excluding hydrogens is 569 g/mol. The lowest BCUT2D eigenvalue weighted by Crippen LogP contribution is -2.30. The highest BCUT2D eigenvalue weighted by Crippen LogP contribution is 2.52. The van der Waals surface area contributed by atoms with Crippen molar-refractivity contribution in [2.24, 2.45) is 0 Å². The van der Waals surface area contributed by atoms with Gasteiger partial charge in [-0.1, -0.05) is 129 Å². The number of para-hydroxylation sites is 3. The van der Waals surface area contributed by atoms with Crippen LogP contribution in [-0.4, -0.2) is 0 Å². The molecule has 0 spiro atoms. The average Bonchev–Trinajstić information content (AvgIpc) is 3.14. The molecule has 8 rings (SSSR count). The SMILES string of the molecule is CC1(C)c2ccccc2N(c2ccccc2)c2ccc(-c3ccc(N(c4ccccc4)c4ccc(-c5ccccc5)cc4)cc3)cc21. The van der Waals surface area contributed by atoms with Crippen LogP contribution in [0.25, 0.3) is 22.3 Å². The van der Waals surface area contributed by atoms with Crippen LogP contribution in [0.15, 0.2) is 182 Å². The van der Waals surface area contributed by atoms with E-state index in [4.69, 9.17) is 0 Å². The molecule has 0 radical (unpaired) electrons. The summed E-state index contributed by atoms with van der Waals surface area (Å²) >= 11 is 0. The highest BCUT2D eigenvalue weighted by atomic mass is 15.2. The van der Waals surface area contributed by atoms with Gasteiger partial charge in [-0.15, -0.1) is 0 Å². The van der Waals surface area contributed by atoms with E-state index in [9.17, 15) is 0 Å². The first-order valence-corrected chi connectivity index (χ1v) is 16.3. The molecule has 0 fully saturated rings. The van der Waals surface area contributed by atoms with Crippen LogP contribution in [0.4, 0.5) is 34.1 Å². The Morgan fingerprint density at radius 3 is 1.47 bits per heavy atom. The third-order valence-electron chi connectivity index (χ3n) is 9.45. The van der Waals surface area contributed by atoms with Crippen molar-refractivity contribution in [2.45, 2.75) is 19.3 Å². The van der Waals surface area contributed by atoms with Crippen LogP contribution >= 0.6 is 0 Å². The maximum atomic E-state index is 2.41. The summed E-state index contributed by atoms with van der Waals surface area (Å²) < 4.78 is 0. The molecule has 0 amide bonds. The van der Waals surface area contributed by atoms with Gasteiger partial charge in [0.2, 0.25) is 0 Å². The summed E-state index contributed by atoms with van der Waals surface area (Å²) in [4.78, 5) is 4.73. The fourth-order valence-corrected chi connectivity index (χ4v) is 7.00. The molecular formula is C45H36N2. The second kappa shape index (κ2) is 11.8. The number of anilines is 6. The van der Waals surface area contributed by atoms with Crippen LogP contribution in [-0.2, 0) is 5.41 Å². The second-order valence-corrected chi connectivity index (χ2v) is 12.7. The summed E-state index contributed by atoms with van der Waals surface area (Å²) in [7, 11) is 0. The first-order chi connectivity index (χ1) is 23.1. The van der Waals surface area contributed by atoms with Crippen molar-refractivity contribution in [3.05, 3.63) is 193 Å². The molecule has 0 atom stereocenters. The minimum atomic E-state index is -0.150. The quantitative estimate of drug-likeness (QED) is 0.186. The molecule has 0 bridgehead atoms. The van der Waals surface area contributed by atoms with Crippen LogP contribution in [0.5, 0.6) is 0 Å². The molecule has 0 N–H and O–H groups in total. The summed E-state index contributed by atoms with van der Waals surface area (Å²) in [6, 6.07) is 65.5. The van der Waals surface area contributed by atoms with Gasteiger partial charge in [-0.05, 0) is 100 Å². The Morgan fingerprint density at radius 1 is 0.383 bits per heavy atom. The van der Waals surface area contributed by atoms with Crippen LogP contribution in [0.1, 0.15) is 25.0 Å². The zero-order valence-corrected chi connectivity index (χ0v) is 26.7. The molecule has 226 valence electrons. The molecule has 2 nitrogen and oxygen atoms in total. The van der Waals surface area contributed by atoms with E-state index in [0.29, 0.717) is 0 Å². The van der Waals surface area contributed by atoms with Gasteiger partial charge in [0.15, 0.2) is 0 Å². The molecule has 0 aliphatic carbocycles. The van der Waals surface area contributed by atoms with E-state index in [1.54, 1.807) is 0 Å². The van der Waals surface area contributed by atoms with Gasteiger partial charge in [0.25, 0.3) is 0 Å². The maximum Gasteiger partial charge on any atom is 0.0503 e. The number of rotatable bonds is 6. The highest BCUT2D eigenvalue weighted by molar-refractivity contribution is 5.88. The Bertz CT molecular complexity index is 2130. The number of hydrogen-bond donors (Lipinski definition) is 0. The predicted molar refractivity (Wildman–Crippen MR) is 199 cm³/mol. The fraction of sp³-hybridized carbons (Fsp3) is 0.0667. The number of nitrogens with zero attached hydrogens (tertiary/aromatic N) is 2. The van der Waals surface area contributed by atoms with E-state index < -0.39 is 0 Å². The lowest BCUT2D eigenvalue weighted by Gasteiger charge is -2.42. The van der Waals surface area contributed by atoms with Gasteiger partial charge < -0.3 is 9.80 Å². The smallest absolute Gasteiger partial charge is 0.0503 e. The van der Waals surface area contributed by atoms with Gasteiger partial charge in [-0.25, -0.2) is 0 Å². The third kappa shape index (κ3) is 5.18. The van der Waals surface area contributed by atoms with E-state index in [2.05, 4.69) is 206 Å². The van der Waals surface area contributed by atoms with Crippen molar-refractivity contribution in [1.29, 1.82) is 0 Å². The first kappa shape index (κ1) is 28.6. The van der Waals surface area contributed by atoms with Crippen molar-refractivity contribution < 1.29 is 0 Å². The molecule has 0 unspecified atom stereocenters. The Balaban J connectivity index is 1.17. The van der Waals surface area contributed by atoms with Gasteiger partial charge in [-0.2, -0.15) is 0 Å². The van der Waals surface area contributed by atoms with Crippen molar-refractivity contribution in [3.63, 3.8) is 0 Å². The highest BCUT2D eigenvalue weighted by Gasteiger charge is 2.36. The fourth-order valence-electron chi connectivity index (χ4n) is 7.00. The minimum Gasteiger partial charge on any atom is -0.311 e. The first-order valence-electron chi connectivity index (χ1n) is 16.3. The molecule has 2 heteroatoms. The minimum absolute atomic E-state index is 0.150. The van der Waals surface area contributed by atoms with Crippen LogP contribution in [0.2, 0.25) is 0 Å². The average molecular weight is 605 g/mol. The van der Waals surface area contributed by atoms with Crippen molar-refractivity contribution in [3.8, 4) is 22.3 Å². The number of benzene rings is 7. The molecule has 1 aliphatic heterocycles. The Morgan fingerprint density at radius 2 is 0.830 bits per heavy atom. The molecule has 7 aromatic carbocycles. The second-order valence-electron chi connectivity index (χ2n) is 12.7. The summed E-state index contributed by atoms with van der Waals surface area (Å²) in [5.74, 6) is 0. The zero-order chi connectivity index (χ0) is 31.8. The molecule has 47 heavy (non-hydrogen) atoms. The van der Waals surface area contributed by atoms with E-state index in [1.807, 2.05) is 0 Å². The lowest BCUT2D eigenvalue weighted by atomic mass is 9.73. The molecule has 0 aromatic heterocycles. The van der Waals surface area contributed by atoms with E-state index in [0.717, 1.165) is 17.1 Å². The van der Waals surface area contributed by atoms with Gasteiger partial charge >= 0.3 is 0 Å². The molecule has 1 heterocycles. The van der Waals surface area contributed by atoms with E-state index >= 15 is 0 Å². The topological polar surface area (TPSA) is 6.48 Å². The zero-order valence-electron chi connectivity index (χ0n) is 26.7. The van der Waals surface area contributed by atoms with Crippen molar-refractivity contribution in [2.75, 3.05) is 9.80 Å². The molecule has 0 saturated heterocycles. The van der Waals surface area contributed by atoms with Gasteiger partial charge in [0.05, 0.1) is 11.4 Å². The summed E-state index contributed by atoms with van der Waals surface area (Å²) in [6.45, 7) is 4.70. The number of hydrogen-bond acceptors (Lipinski definition) is 2. The van der Waals surface area contributed by atoms with Crippen molar-refractivity contribution in [1.82, 2.24) is 0 Å². The third-order valence-corrected chi connectivity index (χ3v) is 9.45. The Hall–Kier alpha value is -5.86. The Kier molecular flexibility index (Phi) is 7.19. The summed E-state index contributed by atoms with van der Waals surface area (Å²) in [6.07, 6.45) is 0. The molecule has 7 aromatic rings. The van der Waals surface area contributed by atoms with Gasteiger partial charge in [0.1, 0.15) is 0 Å². The largest absolute Gasteiger partial charge is 0.311 e. The summed E-state index contributed by atoms with van der Waals surface area (Å²) in [5, 5.41) is 0. The van der Waals surface area contributed by atoms with Crippen LogP contribution in [0.3, 0.4) is 0 Å². The van der Waals surface area contributed by atoms with Gasteiger partial charge in [-0.3, -0.25) is 0 Å². The monoisotopic (exact) mass is 604 g/mol. The lowest BCUT2D eigenvalue weighted by molar-refractivity contribution is 0.632. The summed E-state index contributed by atoms with van der Waals surface area (Å²) in [5.41, 5.74) is 14.4. The van der Waals surface area contributed by atoms with E-state index in [1.165, 1.54) is 50.4 Å². The van der Waals surface area contributed by atoms with Crippen LogP contribution < -0.4 is 9.80 Å².